The molecule has 0 saturated carbocycles. The third-order valence-electron chi connectivity index (χ3n) is 2.51. The molecule has 1 heterocycles. The molecule has 1 rings (SSSR count). The van der Waals surface area contributed by atoms with Crippen LogP contribution >= 0.6 is 15.9 Å². The van der Waals surface area contributed by atoms with Gasteiger partial charge in [-0.05, 0) is 29.3 Å². The van der Waals surface area contributed by atoms with Gasteiger partial charge in [-0.25, -0.2) is 0 Å². The molecule has 5 heteroatoms. The summed E-state index contributed by atoms with van der Waals surface area (Å²) >= 11 is 3.33. The maximum Gasteiger partial charge on any atom is 0.224 e. The van der Waals surface area contributed by atoms with Crippen LogP contribution in [0.15, 0.2) is 16.9 Å². The van der Waals surface area contributed by atoms with Crippen molar-refractivity contribution in [3.05, 3.63) is 16.9 Å². The van der Waals surface area contributed by atoms with Crippen LogP contribution in [0.2, 0.25) is 0 Å². The number of carbonyl (C=O) groups is 1. The Balaban J connectivity index is 2.45. The van der Waals surface area contributed by atoms with E-state index in [1.165, 1.54) is 0 Å². The minimum Gasteiger partial charge on any atom is -0.353 e. The molecule has 1 N–H and O–H groups in total. The lowest BCUT2D eigenvalue weighted by Crippen LogP contribution is -2.37. The average molecular weight is 288 g/mol. The highest BCUT2D eigenvalue weighted by molar-refractivity contribution is 9.10. The van der Waals surface area contributed by atoms with Crippen LogP contribution in [0, 0.1) is 5.92 Å². The molecule has 0 aromatic carbocycles. The molecule has 0 fully saturated rings. The van der Waals surface area contributed by atoms with Crippen LogP contribution in [0.1, 0.15) is 27.2 Å². The summed E-state index contributed by atoms with van der Waals surface area (Å²) in [5, 5.41) is 7.09. The third-order valence-corrected chi connectivity index (χ3v) is 2.92. The van der Waals surface area contributed by atoms with Gasteiger partial charge in [0.2, 0.25) is 5.91 Å². The molecule has 4 nitrogen and oxygen atoms in total. The van der Waals surface area contributed by atoms with E-state index < -0.39 is 0 Å². The van der Waals surface area contributed by atoms with Crippen LogP contribution in [-0.4, -0.2) is 21.7 Å². The van der Waals surface area contributed by atoms with Gasteiger partial charge in [-0.2, -0.15) is 5.10 Å². The minimum absolute atomic E-state index is 0.0687. The summed E-state index contributed by atoms with van der Waals surface area (Å²) in [6, 6.07) is 0.235. The average Bonchev–Trinajstić information content (AvgIpc) is 2.63. The summed E-state index contributed by atoms with van der Waals surface area (Å²) in [7, 11) is 0. The Labute approximate surface area is 105 Å². The molecule has 0 saturated heterocycles. The highest BCUT2D eigenvalue weighted by atomic mass is 79.9. The molecule has 0 aliphatic rings. The Morgan fingerprint density at radius 3 is 2.81 bits per heavy atom. The van der Waals surface area contributed by atoms with Gasteiger partial charge in [0.15, 0.2) is 0 Å². The molecule has 0 aliphatic heterocycles. The second-order valence-electron chi connectivity index (χ2n) is 4.10. The third kappa shape index (κ3) is 3.96. The van der Waals surface area contributed by atoms with Crippen molar-refractivity contribution in [2.45, 2.75) is 39.8 Å². The standard InChI is InChI=1S/C11H18BrN3O/c1-4-9(3)14-11(16)8(2)6-15-7-10(12)5-13-15/h5,7-9H,4,6H2,1-3H3,(H,14,16)/t8-,9-/m1/s1. The topological polar surface area (TPSA) is 46.9 Å². The molecule has 90 valence electrons. The fourth-order valence-corrected chi connectivity index (χ4v) is 1.62. The number of carbonyl (C=O) groups excluding carboxylic acids is 1. The van der Waals surface area contributed by atoms with Crippen LogP contribution in [0.3, 0.4) is 0 Å². The number of nitrogens with zero attached hydrogens (tertiary/aromatic N) is 2. The number of nitrogens with one attached hydrogen (secondary N) is 1. The van der Waals surface area contributed by atoms with Gasteiger partial charge in [-0.15, -0.1) is 0 Å². The number of aromatic nitrogens is 2. The Morgan fingerprint density at radius 1 is 1.62 bits per heavy atom. The zero-order valence-corrected chi connectivity index (χ0v) is 11.5. The maximum absolute atomic E-state index is 11.8. The molecule has 0 bridgehead atoms. The van der Waals surface area contributed by atoms with E-state index in [9.17, 15) is 4.79 Å². The van der Waals surface area contributed by atoms with E-state index in [4.69, 9.17) is 0 Å². The molecule has 0 aliphatic carbocycles. The SMILES string of the molecule is CC[C@@H](C)NC(=O)[C@H](C)Cn1cc(Br)cn1. The Morgan fingerprint density at radius 2 is 2.31 bits per heavy atom. The monoisotopic (exact) mass is 287 g/mol. The Bertz CT molecular complexity index is 351. The number of hydrogen-bond donors (Lipinski definition) is 1. The van der Waals surface area contributed by atoms with Gasteiger partial charge in [0.05, 0.1) is 23.1 Å². The molecule has 0 spiro atoms. The number of halogens is 1. The predicted octanol–water partition coefficient (Wildman–Crippen LogP) is 2.20. The first-order valence-electron chi connectivity index (χ1n) is 5.51. The van der Waals surface area contributed by atoms with Crippen molar-refractivity contribution in [1.82, 2.24) is 15.1 Å². The van der Waals surface area contributed by atoms with Gasteiger partial charge in [-0.1, -0.05) is 13.8 Å². The first-order valence-corrected chi connectivity index (χ1v) is 6.30. The van der Waals surface area contributed by atoms with E-state index in [0.717, 1.165) is 10.9 Å². The van der Waals surface area contributed by atoms with Crippen LogP contribution < -0.4 is 5.32 Å². The second kappa shape index (κ2) is 6.03. The van der Waals surface area contributed by atoms with E-state index in [2.05, 4.69) is 33.3 Å². The van der Waals surface area contributed by atoms with Crippen molar-refractivity contribution in [3.8, 4) is 0 Å². The molecule has 2 atom stereocenters. The first kappa shape index (κ1) is 13.2. The predicted molar refractivity (Wildman–Crippen MR) is 67.0 cm³/mol. The molecule has 1 aromatic heterocycles. The zero-order chi connectivity index (χ0) is 12.1. The fourth-order valence-electron chi connectivity index (χ4n) is 1.29. The van der Waals surface area contributed by atoms with Crippen LogP contribution in [0.5, 0.6) is 0 Å². The van der Waals surface area contributed by atoms with Crippen LogP contribution in [0.4, 0.5) is 0 Å². The van der Waals surface area contributed by atoms with Crippen molar-refractivity contribution in [3.63, 3.8) is 0 Å². The smallest absolute Gasteiger partial charge is 0.224 e. The minimum atomic E-state index is -0.0687. The summed E-state index contributed by atoms with van der Waals surface area (Å²) in [6.45, 7) is 6.58. The fraction of sp³-hybridized carbons (Fsp3) is 0.636. The van der Waals surface area contributed by atoms with Gasteiger partial charge in [0.1, 0.15) is 0 Å². The largest absolute Gasteiger partial charge is 0.353 e. The van der Waals surface area contributed by atoms with E-state index in [-0.39, 0.29) is 17.9 Å². The van der Waals surface area contributed by atoms with Gasteiger partial charge >= 0.3 is 0 Å². The molecule has 1 aromatic rings. The Hall–Kier alpha value is -0.840. The Kier molecular flexibility index (Phi) is 4.99. The lowest BCUT2D eigenvalue weighted by Gasteiger charge is -2.16. The van der Waals surface area contributed by atoms with E-state index in [1.807, 2.05) is 20.0 Å². The van der Waals surface area contributed by atoms with Crippen molar-refractivity contribution in [2.24, 2.45) is 5.92 Å². The van der Waals surface area contributed by atoms with Crippen molar-refractivity contribution >= 4 is 21.8 Å². The lowest BCUT2D eigenvalue weighted by atomic mass is 10.1. The molecule has 0 unspecified atom stereocenters. The summed E-state index contributed by atoms with van der Waals surface area (Å²) in [5.74, 6) is 0.0155. The summed E-state index contributed by atoms with van der Waals surface area (Å²) in [5.41, 5.74) is 0. The molecule has 1 amide bonds. The number of amides is 1. The van der Waals surface area contributed by atoms with Crippen LogP contribution in [-0.2, 0) is 11.3 Å². The molecular formula is C11H18BrN3O. The first-order chi connectivity index (χ1) is 7.52. The van der Waals surface area contributed by atoms with Crippen molar-refractivity contribution < 1.29 is 4.79 Å². The maximum atomic E-state index is 11.8. The zero-order valence-electron chi connectivity index (χ0n) is 9.90. The van der Waals surface area contributed by atoms with E-state index >= 15 is 0 Å². The second-order valence-corrected chi connectivity index (χ2v) is 5.02. The highest BCUT2D eigenvalue weighted by Crippen LogP contribution is 2.08. The molecule has 0 radical (unpaired) electrons. The van der Waals surface area contributed by atoms with Gasteiger partial charge in [0, 0.05) is 12.2 Å². The molecular weight excluding hydrogens is 270 g/mol. The highest BCUT2D eigenvalue weighted by Gasteiger charge is 2.15. The van der Waals surface area contributed by atoms with E-state index in [1.54, 1.807) is 10.9 Å². The summed E-state index contributed by atoms with van der Waals surface area (Å²) in [4.78, 5) is 11.8. The van der Waals surface area contributed by atoms with Gasteiger partial charge in [0.25, 0.3) is 0 Å². The van der Waals surface area contributed by atoms with Crippen molar-refractivity contribution in [2.75, 3.05) is 0 Å². The number of rotatable bonds is 5. The normalized spacial score (nSPS) is 14.5. The van der Waals surface area contributed by atoms with Crippen molar-refractivity contribution in [1.29, 1.82) is 0 Å². The van der Waals surface area contributed by atoms with Gasteiger partial charge < -0.3 is 5.32 Å². The summed E-state index contributed by atoms with van der Waals surface area (Å²) in [6.07, 6.45) is 4.54. The number of hydrogen-bond acceptors (Lipinski definition) is 2. The van der Waals surface area contributed by atoms with E-state index in [0.29, 0.717) is 6.54 Å². The summed E-state index contributed by atoms with van der Waals surface area (Å²) < 4.78 is 2.70. The quantitative estimate of drug-likeness (QED) is 0.903. The molecule has 16 heavy (non-hydrogen) atoms. The van der Waals surface area contributed by atoms with Crippen LogP contribution in [0.25, 0.3) is 0 Å². The lowest BCUT2D eigenvalue weighted by molar-refractivity contribution is -0.125. The van der Waals surface area contributed by atoms with Gasteiger partial charge in [-0.3, -0.25) is 9.48 Å².